The van der Waals surface area contributed by atoms with Crippen molar-refractivity contribution >= 4 is 35.8 Å². The van der Waals surface area contributed by atoms with Gasteiger partial charge in [-0.2, -0.15) is 0 Å². The van der Waals surface area contributed by atoms with Crippen molar-refractivity contribution in [3.05, 3.63) is 120 Å². The van der Waals surface area contributed by atoms with Crippen LogP contribution in [0.2, 0.25) is 0 Å². The number of allylic oxidation sites excluding steroid dienone is 10. The van der Waals surface area contributed by atoms with Crippen molar-refractivity contribution in [2.45, 2.75) is 84.1 Å². The number of hydrogen-bond donors (Lipinski definition) is 2. The standard InChI is InChI=1S/C41H47NO10/c1-3-4-5-6-7-8-9-10-11-12-13-14-15-16-17-18-19-28-38(46)52-41(49)34(29-30-37(44)45)42-39(47)32-24-20-22-26-35(32)51-40(48)33-25-21-23-27-36(33)50-31(2)43/h4-5,7-8,10-11,13-14,16-17,20-27,34H,3,6,9,12,15,18-19,28-30H2,1-2H3,(H,42,47)(H,44,45)/b5-4-,8-7-,11-10-,14-13-,17-16-. The van der Waals surface area contributed by atoms with Crippen LogP contribution in [0.15, 0.2) is 109 Å². The van der Waals surface area contributed by atoms with Gasteiger partial charge in [0.2, 0.25) is 0 Å². The number of carbonyl (C=O) groups excluding carboxylic acids is 5. The van der Waals surface area contributed by atoms with Gasteiger partial charge in [-0.3, -0.25) is 19.2 Å². The maximum atomic E-state index is 13.3. The third-order valence-electron chi connectivity index (χ3n) is 7.06. The van der Waals surface area contributed by atoms with Gasteiger partial charge in [0.15, 0.2) is 0 Å². The maximum absolute atomic E-state index is 13.3. The summed E-state index contributed by atoms with van der Waals surface area (Å²) in [5, 5.41) is 11.6. The Morgan fingerprint density at radius 3 is 1.77 bits per heavy atom. The molecule has 276 valence electrons. The molecular formula is C41H47NO10. The zero-order valence-corrected chi connectivity index (χ0v) is 29.7. The smallest absolute Gasteiger partial charge is 0.347 e. The molecule has 0 aromatic heterocycles. The zero-order chi connectivity index (χ0) is 38.0. The van der Waals surface area contributed by atoms with Gasteiger partial charge in [-0.05, 0) is 75.6 Å². The Labute approximate surface area is 304 Å². The monoisotopic (exact) mass is 713 g/mol. The molecule has 0 saturated heterocycles. The normalized spacial score (nSPS) is 12.1. The third-order valence-corrected chi connectivity index (χ3v) is 7.06. The lowest BCUT2D eigenvalue weighted by Crippen LogP contribution is -2.43. The summed E-state index contributed by atoms with van der Waals surface area (Å²) >= 11 is 0. The number of para-hydroxylation sites is 2. The Hall–Kier alpha value is -5.84. The number of hydrogen-bond acceptors (Lipinski definition) is 9. The molecule has 0 radical (unpaired) electrons. The topological polar surface area (TPSA) is 162 Å². The van der Waals surface area contributed by atoms with E-state index in [9.17, 15) is 33.9 Å². The molecule has 0 bridgehead atoms. The molecule has 52 heavy (non-hydrogen) atoms. The molecule has 0 saturated carbocycles. The lowest BCUT2D eigenvalue weighted by atomic mass is 10.1. The van der Waals surface area contributed by atoms with Crippen LogP contribution < -0.4 is 14.8 Å². The molecule has 0 aliphatic rings. The molecule has 2 aromatic carbocycles. The van der Waals surface area contributed by atoms with E-state index in [4.69, 9.17) is 14.2 Å². The number of amides is 1. The predicted octanol–water partition coefficient (Wildman–Crippen LogP) is 7.79. The Kier molecular flexibility index (Phi) is 20.5. The number of aliphatic carboxylic acids is 1. The number of carboxylic acid groups (broad SMARTS) is 1. The summed E-state index contributed by atoms with van der Waals surface area (Å²) in [5.74, 6) is -5.82. The van der Waals surface area contributed by atoms with Crippen LogP contribution in [0.5, 0.6) is 11.5 Å². The van der Waals surface area contributed by atoms with Crippen LogP contribution in [0.25, 0.3) is 0 Å². The lowest BCUT2D eigenvalue weighted by Gasteiger charge is -2.17. The first-order chi connectivity index (χ1) is 25.1. The number of nitrogens with one attached hydrogen (secondary N) is 1. The van der Waals surface area contributed by atoms with E-state index in [0.717, 1.165) is 32.1 Å². The second-order valence-electron chi connectivity index (χ2n) is 11.3. The molecule has 1 unspecified atom stereocenters. The molecule has 0 fully saturated rings. The van der Waals surface area contributed by atoms with Crippen molar-refractivity contribution in [3.8, 4) is 11.5 Å². The van der Waals surface area contributed by atoms with Crippen molar-refractivity contribution in [2.24, 2.45) is 0 Å². The molecule has 11 heteroatoms. The van der Waals surface area contributed by atoms with Crippen LogP contribution in [-0.4, -0.2) is 46.9 Å². The molecule has 2 N–H and O–H groups in total. The van der Waals surface area contributed by atoms with E-state index in [1.165, 1.54) is 49.4 Å². The van der Waals surface area contributed by atoms with Gasteiger partial charge in [0.1, 0.15) is 23.1 Å². The Morgan fingerprint density at radius 1 is 0.692 bits per heavy atom. The first kappa shape index (κ1) is 42.3. The van der Waals surface area contributed by atoms with E-state index in [-0.39, 0.29) is 35.5 Å². The second-order valence-corrected chi connectivity index (χ2v) is 11.3. The highest BCUT2D eigenvalue weighted by molar-refractivity contribution is 6.02. The number of ether oxygens (including phenoxy) is 3. The van der Waals surface area contributed by atoms with Crippen molar-refractivity contribution in [1.29, 1.82) is 0 Å². The summed E-state index contributed by atoms with van der Waals surface area (Å²) in [6.45, 7) is 3.29. The SMILES string of the molecule is CC/C=C\C/C=C\C/C=C\C/C=C\C/C=C\CCCC(=O)OC(=O)C(CCC(=O)O)NC(=O)c1ccccc1OC(=O)c1ccccc1OC(C)=O. The van der Waals surface area contributed by atoms with Crippen molar-refractivity contribution in [2.75, 3.05) is 0 Å². The number of benzene rings is 2. The van der Waals surface area contributed by atoms with E-state index >= 15 is 0 Å². The van der Waals surface area contributed by atoms with E-state index in [1.807, 2.05) is 12.2 Å². The minimum Gasteiger partial charge on any atom is -0.481 e. The number of carboxylic acids is 1. The van der Waals surface area contributed by atoms with Crippen LogP contribution in [0.4, 0.5) is 0 Å². The number of carbonyl (C=O) groups is 6. The van der Waals surface area contributed by atoms with Gasteiger partial charge in [-0.25, -0.2) is 9.59 Å². The highest BCUT2D eigenvalue weighted by Gasteiger charge is 2.27. The highest BCUT2D eigenvalue weighted by atomic mass is 16.6. The third kappa shape index (κ3) is 17.7. The number of unbranched alkanes of at least 4 members (excludes halogenated alkanes) is 1. The Morgan fingerprint density at radius 2 is 1.21 bits per heavy atom. The number of rotatable bonds is 22. The first-order valence-electron chi connectivity index (χ1n) is 17.2. The molecule has 0 aliphatic carbocycles. The first-order valence-corrected chi connectivity index (χ1v) is 17.2. The lowest BCUT2D eigenvalue weighted by molar-refractivity contribution is -0.161. The minimum atomic E-state index is -1.48. The Bertz CT molecular complexity index is 1650. The molecule has 0 aliphatic heterocycles. The number of esters is 4. The van der Waals surface area contributed by atoms with E-state index in [0.29, 0.717) is 12.8 Å². The Balaban J connectivity index is 1.87. The summed E-state index contributed by atoms with van der Waals surface area (Å²) in [7, 11) is 0. The summed E-state index contributed by atoms with van der Waals surface area (Å²) in [4.78, 5) is 74.2. The average molecular weight is 714 g/mol. The van der Waals surface area contributed by atoms with Gasteiger partial charge in [0, 0.05) is 19.8 Å². The zero-order valence-electron chi connectivity index (χ0n) is 29.7. The van der Waals surface area contributed by atoms with Crippen LogP contribution in [0.3, 0.4) is 0 Å². The van der Waals surface area contributed by atoms with E-state index < -0.39 is 48.2 Å². The largest absolute Gasteiger partial charge is 0.481 e. The molecule has 2 aromatic rings. The fourth-order valence-corrected chi connectivity index (χ4v) is 4.50. The van der Waals surface area contributed by atoms with Crippen molar-refractivity contribution in [1.82, 2.24) is 5.32 Å². The van der Waals surface area contributed by atoms with Crippen LogP contribution in [0.1, 0.15) is 98.8 Å². The highest BCUT2D eigenvalue weighted by Crippen LogP contribution is 2.24. The average Bonchev–Trinajstić information content (AvgIpc) is 3.11. The van der Waals surface area contributed by atoms with Gasteiger partial charge < -0.3 is 24.6 Å². The minimum absolute atomic E-state index is 0.0408. The second kappa shape index (κ2) is 25.2. The molecule has 11 nitrogen and oxygen atoms in total. The molecular weight excluding hydrogens is 666 g/mol. The van der Waals surface area contributed by atoms with Gasteiger partial charge in [0.05, 0.1) is 5.56 Å². The van der Waals surface area contributed by atoms with Crippen molar-refractivity contribution in [3.63, 3.8) is 0 Å². The van der Waals surface area contributed by atoms with Gasteiger partial charge >= 0.3 is 29.8 Å². The molecule has 1 amide bonds. The summed E-state index contributed by atoms with van der Waals surface area (Å²) in [6.07, 6.45) is 25.5. The fourth-order valence-electron chi connectivity index (χ4n) is 4.50. The van der Waals surface area contributed by atoms with Crippen LogP contribution >= 0.6 is 0 Å². The van der Waals surface area contributed by atoms with E-state index in [2.05, 4.69) is 60.8 Å². The van der Waals surface area contributed by atoms with Crippen LogP contribution in [-0.2, 0) is 23.9 Å². The van der Waals surface area contributed by atoms with E-state index in [1.54, 1.807) is 6.07 Å². The fraction of sp³-hybridized carbons (Fsp3) is 0.317. The van der Waals surface area contributed by atoms with Crippen molar-refractivity contribution < 1.29 is 48.1 Å². The molecule has 0 heterocycles. The molecule has 1 atom stereocenters. The quantitative estimate of drug-likeness (QED) is 0.0405. The van der Waals surface area contributed by atoms with Gasteiger partial charge in [-0.15, -0.1) is 0 Å². The molecule has 0 spiro atoms. The molecule has 2 rings (SSSR count). The van der Waals surface area contributed by atoms with Gasteiger partial charge in [-0.1, -0.05) is 91.9 Å². The summed E-state index contributed by atoms with van der Waals surface area (Å²) in [6, 6.07) is 10.1. The maximum Gasteiger partial charge on any atom is 0.347 e. The van der Waals surface area contributed by atoms with Crippen LogP contribution in [0, 0.1) is 0 Å². The summed E-state index contributed by atoms with van der Waals surface area (Å²) in [5.41, 5.74) is -0.229. The predicted molar refractivity (Wildman–Crippen MR) is 197 cm³/mol. The summed E-state index contributed by atoms with van der Waals surface area (Å²) < 4.78 is 15.4. The van der Waals surface area contributed by atoms with Gasteiger partial charge in [0.25, 0.3) is 5.91 Å².